The van der Waals surface area contributed by atoms with Crippen molar-refractivity contribution in [2.24, 2.45) is 0 Å². The number of carbonyl (C=O) groups excluding carboxylic acids is 2. The minimum atomic E-state index is -0.984. The number of hydrogen-bond acceptors (Lipinski definition) is 3. The molecule has 3 nitrogen and oxygen atoms in total. The van der Waals surface area contributed by atoms with Gasteiger partial charge in [-0.3, -0.25) is 4.79 Å². The van der Waals surface area contributed by atoms with Gasteiger partial charge in [-0.1, -0.05) is 24.1 Å². The Hall–Kier alpha value is -2.08. The van der Waals surface area contributed by atoms with Gasteiger partial charge in [0, 0.05) is 0 Å². The van der Waals surface area contributed by atoms with Crippen LogP contribution in [0, 0.1) is 11.8 Å². The van der Waals surface area contributed by atoms with Crippen molar-refractivity contribution in [2.45, 2.75) is 13.0 Å². The van der Waals surface area contributed by atoms with E-state index in [1.807, 2.05) is 0 Å². The summed E-state index contributed by atoms with van der Waals surface area (Å²) in [5, 5.41) is 0. The van der Waals surface area contributed by atoms with Crippen molar-refractivity contribution in [3.05, 3.63) is 35.9 Å². The third kappa shape index (κ3) is 3.28. The van der Waals surface area contributed by atoms with Gasteiger partial charge in [0.2, 0.25) is 6.10 Å². The number of hydrogen-bond donors (Lipinski definition) is 0. The van der Waals surface area contributed by atoms with Crippen molar-refractivity contribution in [1.29, 1.82) is 0 Å². The standard InChI is InChI=1S/C12H10O3/c1-2-6-11(9-13)15-12(14)10-7-4-3-5-8-10/h3-5,7-9,11H,1H3/t11-/m0/s1. The molecule has 76 valence electrons. The molecular formula is C12H10O3. The summed E-state index contributed by atoms with van der Waals surface area (Å²) in [6, 6.07) is 8.46. The Morgan fingerprint density at radius 2 is 2.07 bits per heavy atom. The van der Waals surface area contributed by atoms with Crippen LogP contribution in [-0.2, 0) is 9.53 Å². The highest BCUT2D eigenvalue weighted by atomic mass is 16.5. The highest BCUT2D eigenvalue weighted by Gasteiger charge is 2.11. The van der Waals surface area contributed by atoms with Crippen molar-refractivity contribution in [2.75, 3.05) is 0 Å². The number of ether oxygens (including phenoxy) is 1. The zero-order valence-electron chi connectivity index (χ0n) is 8.27. The van der Waals surface area contributed by atoms with Gasteiger partial charge in [0.05, 0.1) is 5.56 Å². The van der Waals surface area contributed by atoms with Gasteiger partial charge in [0.1, 0.15) is 0 Å². The van der Waals surface area contributed by atoms with Crippen LogP contribution < -0.4 is 0 Å². The lowest BCUT2D eigenvalue weighted by Gasteiger charge is -2.05. The predicted octanol–water partition coefficient (Wildman–Crippen LogP) is 1.43. The molecule has 0 N–H and O–H groups in total. The average Bonchev–Trinajstić information content (AvgIpc) is 2.29. The maximum Gasteiger partial charge on any atom is 0.339 e. The van der Waals surface area contributed by atoms with E-state index >= 15 is 0 Å². The predicted molar refractivity (Wildman–Crippen MR) is 55.2 cm³/mol. The van der Waals surface area contributed by atoms with Crippen LogP contribution in [0.2, 0.25) is 0 Å². The fourth-order valence-electron chi connectivity index (χ4n) is 0.991. The van der Waals surface area contributed by atoms with Crippen LogP contribution in [0.1, 0.15) is 17.3 Å². The Kier molecular flexibility index (Phi) is 4.11. The summed E-state index contributed by atoms with van der Waals surface area (Å²) < 4.78 is 4.85. The molecule has 0 aromatic heterocycles. The van der Waals surface area contributed by atoms with E-state index in [1.54, 1.807) is 37.3 Å². The van der Waals surface area contributed by atoms with E-state index < -0.39 is 12.1 Å². The first-order chi connectivity index (χ1) is 7.27. The zero-order chi connectivity index (χ0) is 11.1. The van der Waals surface area contributed by atoms with E-state index in [4.69, 9.17) is 4.74 Å². The quantitative estimate of drug-likeness (QED) is 0.423. The average molecular weight is 202 g/mol. The van der Waals surface area contributed by atoms with Gasteiger partial charge in [-0.25, -0.2) is 4.79 Å². The Morgan fingerprint density at radius 1 is 1.40 bits per heavy atom. The Bertz CT molecular complexity index is 398. The van der Waals surface area contributed by atoms with E-state index in [0.29, 0.717) is 11.8 Å². The van der Waals surface area contributed by atoms with Crippen LogP contribution >= 0.6 is 0 Å². The first kappa shape index (κ1) is 11.0. The largest absolute Gasteiger partial charge is 0.438 e. The van der Waals surface area contributed by atoms with Crippen molar-refractivity contribution in [1.82, 2.24) is 0 Å². The van der Waals surface area contributed by atoms with Crippen LogP contribution in [0.25, 0.3) is 0 Å². The molecule has 0 spiro atoms. The van der Waals surface area contributed by atoms with Crippen LogP contribution in [0.4, 0.5) is 0 Å². The first-order valence-corrected chi connectivity index (χ1v) is 4.41. The van der Waals surface area contributed by atoms with Gasteiger partial charge < -0.3 is 4.74 Å². The summed E-state index contributed by atoms with van der Waals surface area (Å²) in [5.74, 6) is 4.44. The third-order valence-electron chi connectivity index (χ3n) is 1.65. The highest BCUT2D eigenvalue weighted by Crippen LogP contribution is 2.02. The monoisotopic (exact) mass is 202 g/mol. The Morgan fingerprint density at radius 3 is 2.60 bits per heavy atom. The van der Waals surface area contributed by atoms with E-state index in [-0.39, 0.29) is 0 Å². The van der Waals surface area contributed by atoms with Gasteiger partial charge in [-0.2, -0.15) is 0 Å². The molecule has 0 aliphatic carbocycles. The van der Waals surface area contributed by atoms with Crippen molar-refractivity contribution >= 4 is 12.3 Å². The van der Waals surface area contributed by atoms with Gasteiger partial charge in [0.25, 0.3) is 0 Å². The number of esters is 1. The SMILES string of the molecule is CC#C[C@@H](C=O)OC(=O)c1ccccc1. The van der Waals surface area contributed by atoms with Gasteiger partial charge in [-0.05, 0) is 19.1 Å². The molecule has 1 atom stereocenters. The van der Waals surface area contributed by atoms with Crippen molar-refractivity contribution in [3.63, 3.8) is 0 Å². The molecule has 1 aromatic rings. The fourth-order valence-corrected chi connectivity index (χ4v) is 0.991. The van der Waals surface area contributed by atoms with E-state index in [0.717, 1.165) is 0 Å². The summed E-state index contributed by atoms with van der Waals surface area (Å²) >= 11 is 0. The number of rotatable bonds is 3. The summed E-state index contributed by atoms with van der Waals surface area (Å²) in [6.07, 6.45) is -0.486. The second kappa shape index (κ2) is 5.61. The molecule has 3 heteroatoms. The lowest BCUT2D eigenvalue weighted by Crippen LogP contribution is -2.17. The summed E-state index contributed by atoms with van der Waals surface area (Å²) in [6.45, 7) is 1.58. The molecule has 0 amide bonds. The van der Waals surface area contributed by atoms with E-state index in [2.05, 4.69) is 11.8 Å². The fraction of sp³-hybridized carbons (Fsp3) is 0.167. The molecule has 1 aromatic carbocycles. The number of aldehydes is 1. The molecule has 1 rings (SSSR count). The van der Waals surface area contributed by atoms with Crippen LogP contribution in [0.5, 0.6) is 0 Å². The molecule has 0 fully saturated rings. The third-order valence-corrected chi connectivity index (χ3v) is 1.65. The second-order valence-electron chi connectivity index (χ2n) is 2.72. The van der Waals surface area contributed by atoms with Gasteiger partial charge >= 0.3 is 5.97 Å². The number of benzene rings is 1. The normalized spacial score (nSPS) is 10.7. The summed E-state index contributed by atoms with van der Waals surface area (Å²) in [7, 11) is 0. The Labute approximate surface area is 88.1 Å². The molecule has 0 unspecified atom stereocenters. The summed E-state index contributed by atoms with van der Waals surface area (Å²) in [4.78, 5) is 21.9. The van der Waals surface area contributed by atoms with E-state index in [1.165, 1.54) is 0 Å². The highest BCUT2D eigenvalue weighted by molar-refractivity contribution is 5.90. The lowest BCUT2D eigenvalue weighted by atomic mass is 10.2. The minimum Gasteiger partial charge on any atom is -0.438 e. The first-order valence-electron chi connectivity index (χ1n) is 4.41. The molecular weight excluding hydrogens is 192 g/mol. The maximum absolute atomic E-state index is 11.4. The molecule has 0 saturated heterocycles. The van der Waals surface area contributed by atoms with Gasteiger partial charge in [-0.15, -0.1) is 5.92 Å². The molecule has 0 heterocycles. The zero-order valence-corrected chi connectivity index (χ0v) is 8.27. The molecule has 0 radical (unpaired) electrons. The van der Waals surface area contributed by atoms with Crippen LogP contribution in [-0.4, -0.2) is 18.4 Å². The van der Waals surface area contributed by atoms with Gasteiger partial charge in [0.15, 0.2) is 6.29 Å². The summed E-state index contributed by atoms with van der Waals surface area (Å²) in [5.41, 5.74) is 0.405. The second-order valence-corrected chi connectivity index (χ2v) is 2.72. The van der Waals surface area contributed by atoms with Crippen molar-refractivity contribution in [3.8, 4) is 11.8 Å². The Balaban J connectivity index is 2.69. The maximum atomic E-state index is 11.4. The molecule has 15 heavy (non-hydrogen) atoms. The van der Waals surface area contributed by atoms with Crippen LogP contribution in [0.3, 0.4) is 0 Å². The lowest BCUT2D eigenvalue weighted by molar-refractivity contribution is -0.113. The topological polar surface area (TPSA) is 43.4 Å². The number of carbonyl (C=O) groups is 2. The van der Waals surface area contributed by atoms with E-state index in [9.17, 15) is 9.59 Å². The van der Waals surface area contributed by atoms with Crippen molar-refractivity contribution < 1.29 is 14.3 Å². The molecule has 0 aliphatic heterocycles. The molecule has 0 aliphatic rings. The van der Waals surface area contributed by atoms with Crippen LogP contribution in [0.15, 0.2) is 30.3 Å². The smallest absolute Gasteiger partial charge is 0.339 e. The molecule has 0 bridgehead atoms. The molecule has 0 saturated carbocycles. The minimum absolute atomic E-state index is 0.405.